The van der Waals surface area contributed by atoms with E-state index in [1.807, 2.05) is 6.92 Å². The molecular formula is C20H23ClN2O4S. The van der Waals surface area contributed by atoms with Gasteiger partial charge in [0.05, 0.1) is 11.0 Å². The number of aliphatic hydroxyl groups excluding tert-OH is 1. The van der Waals surface area contributed by atoms with Crippen LogP contribution in [0.4, 0.5) is 0 Å². The first-order valence-electron chi connectivity index (χ1n) is 9.09. The molecule has 0 aromatic heterocycles. The number of hydrogen-bond donors (Lipinski definition) is 2. The number of nitrogens with one attached hydrogen (secondary N) is 1. The van der Waals surface area contributed by atoms with Gasteiger partial charge in [0.1, 0.15) is 6.04 Å². The number of nitrogens with zero attached hydrogens (tertiary/aromatic N) is 1. The Hall–Kier alpha value is -1.93. The van der Waals surface area contributed by atoms with Crippen molar-refractivity contribution in [3.05, 3.63) is 64.7 Å². The van der Waals surface area contributed by atoms with E-state index in [0.717, 1.165) is 5.56 Å². The number of amides is 1. The number of benzene rings is 2. The fraction of sp³-hybridized carbons (Fsp3) is 0.350. The SMILES string of the molecule is Cc1ccc(S(=O)(=O)N2CCC[C@@H]2C(=O)NC[C@H](O)c2ccc(Cl)cc2)cc1. The molecule has 0 unspecified atom stereocenters. The van der Waals surface area contributed by atoms with E-state index < -0.39 is 28.1 Å². The summed E-state index contributed by atoms with van der Waals surface area (Å²) in [7, 11) is -3.75. The molecule has 2 N–H and O–H groups in total. The lowest BCUT2D eigenvalue weighted by molar-refractivity contribution is -0.124. The van der Waals surface area contributed by atoms with Crippen molar-refractivity contribution in [2.75, 3.05) is 13.1 Å². The molecule has 0 saturated carbocycles. The fourth-order valence-corrected chi connectivity index (χ4v) is 5.04. The van der Waals surface area contributed by atoms with Crippen LogP contribution in [0.1, 0.15) is 30.1 Å². The molecule has 0 radical (unpaired) electrons. The summed E-state index contributed by atoms with van der Waals surface area (Å²) < 4.78 is 27.1. The highest BCUT2D eigenvalue weighted by atomic mass is 35.5. The fourth-order valence-electron chi connectivity index (χ4n) is 3.25. The number of aryl methyl sites for hydroxylation is 1. The largest absolute Gasteiger partial charge is 0.387 e. The Kier molecular flexibility index (Phi) is 6.40. The molecule has 1 amide bonds. The maximum atomic E-state index is 12.9. The lowest BCUT2D eigenvalue weighted by atomic mass is 10.1. The van der Waals surface area contributed by atoms with Gasteiger partial charge in [-0.15, -0.1) is 0 Å². The molecule has 1 aliphatic rings. The van der Waals surface area contributed by atoms with E-state index >= 15 is 0 Å². The summed E-state index contributed by atoms with van der Waals surface area (Å²) in [6.07, 6.45) is 0.168. The highest BCUT2D eigenvalue weighted by molar-refractivity contribution is 7.89. The van der Waals surface area contributed by atoms with Gasteiger partial charge in [0, 0.05) is 18.1 Å². The van der Waals surface area contributed by atoms with Crippen LogP contribution in [0.5, 0.6) is 0 Å². The van der Waals surface area contributed by atoms with Crippen molar-refractivity contribution in [1.82, 2.24) is 9.62 Å². The number of rotatable bonds is 6. The van der Waals surface area contributed by atoms with Crippen LogP contribution in [0, 0.1) is 6.92 Å². The smallest absolute Gasteiger partial charge is 0.243 e. The van der Waals surface area contributed by atoms with Crippen molar-refractivity contribution in [1.29, 1.82) is 0 Å². The van der Waals surface area contributed by atoms with Gasteiger partial charge >= 0.3 is 0 Å². The topological polar surface area (TPSA) is 86.7 Å². The maximum Gasteiger partial charge on any atom is 0.243 e. The molecule has 1 saturated heterocycles. The Balaban J connectivity index is 1.67. The number of halogens is 1. The Labute approximate surface area is 170 Å². The zero-order valence-corrected chi connectivity index (χ0v) is 17.1. The predicted molar refractivity (Wildman–Crippen MR) is 108 cm³/mol. The van der Waals surface area contributed by atoms with Gasteiger partial charge in [-0.3, -0.25) is 4.79 Å². The third-order valence-electron chi connectivity index (χ3n) is 4.86. The van der Waals surface area contributed by atoms with E-state index in [2.05, 4.69) is 5.32 Å². The van der Waals surface area contributed by atoms with Crippen molar-refractivity contribution in [2.45, 2.75) is 36.8 Å². The second kappa shape index (κ2) is 8.61. The van der Waals surface area contributed by atoms with Crippen LogP contribution < -0.4 is 5.32 Å². The highest BCUT2D eigenvalue weighted by Crippen LogP contribution is 2.26. The van der Waals surface area contributed by atoms with Crippen molar-refractivity contribution < 1.29 is 18.3 Å². The maximum absolute atomic E-state index is 12.9. The number of carbonyl (C=O) groups excluding carboxylic acids is 1. The van der Waals surface area contributed by atoms with E-state index in [0.29, 0.717) is 30.0 Å². The van der Waals surface area contributed by atoms with Crippen LogP contribution >= 0.6 is 11.6 Å². The minimum Gasteiger partial charge on any atom is -0.387 e. The lowest BCUT2D eigenvalue weighted by Gasteiger charge is -2.24. The van der Waals surface area contributed by atoms with Crippen LogP contribution in [0.2, 0.25) is 5.02 Å². The molecule has 1 heterocycles. The summed E-state index contributed by atoms with van der Waals surface area (Å²) >= 11 is 5.83. The molecular weight excluding hydrogens is 400 g/mol. The first-order chi connectivity index (χ1) is 13.3. The molecule has 0 aliphatic carbocycles. The summed E-state index contributed by atoms with van der Waals surface area (Å²) in [4.78, 5) is 12.8. The Morgan fingerprint density at radius 3 is 2.50 bits per heavy atom. The van der Waals surface area contributed by atoms with Gasteiger partial charge in [-0.25, -0.2) is 8.42 Å². The molecule has 2 aromatic rings. The first-order valence-corrected chi connectivity index (χ1v) is 10.9. The number of sulfonamides is 1. The Morgan fingerprint density at radius 2 is 1.86 bits per heavy atom. The van der Waals surface area contributed by atoms with Gasteiger partial charge in [0.15, 0.2) is 0 Å². The standard InChI is InChI=1S/C20H23ClN2O4S/c1-14-4-10-17(11-5-14)28(26,27)23-12-2-3-18(23)20(25)22-13-19(24)15-6-8-16(21)9-7-15/h4-11,18-19,24H,2-3,12-13H2,1H3,(H,22,25)/t18-,19+/m1/s1. The molecule has 1 fully saturated rings. The number of hydrogen-bond acceptors (Lipinski definition) is 4. The molecule has 150 valence electrons. The van der Waals surface area contributed by atoms with Gasteiger partial charge in [0.2, 0.25) is 15.9 Å². The van der Waals surface area contributed by atoms with E-state index in [9.17, 15) is 18.3 Å². The number of aliphatic hydroxyl groups is 1. The molecule has 0 spiro atoms. The van der Waals surface area contributed by atoms with Crippen molar-refractivity contribution >= 4 is 27.5 Å². The van der Waals surface area contributed by atoms with Crippen LogP contribution in [-0.2, 0) is 14.8 Å². The zero-order chi connectivity index (χ0) is 20.3. The third kappa shape index (κ3) is 4.55. The highest BCUT2D eigenvalue weighted by Gasteiger charge is 2.39. The summed E-state index contributed by atoms with van der Waals surface area (Å²) in [5, 5.41) is 13.5. The summed E-state index contributed by atoms with van der Waals surface area (Å²) in [5.41, 5.74) is 1.59. The average Bonchev–Trinajstić information content (AvgIpc) is 3.17. The zero-order valence-electron chi connectivity index (χ0n) is 15.5. The Bertz CT molecular complexity index is 930. The van der Waals surface area contributed by atoms with Gasteiger partial charge in [-0.05, 0) is 49.6 Å². The van der Waals surface area contributed by atoms with Gasteiger partial charge in [-0.2, -0.15) is 4.31 Å². The van der Waals surface area contributed by atoms with Gasteiger partial charge in [-0.1, -0.05) is 41.4 Å². The van der Waals surface area contributed by atoms with E-state index in [1.54, 1.807) is 48.5 Å². The normalized spacial score (nSPS) is 18.8. The van der Waals surface area contributed by atoms with Gasteiger partial charge < -0.3 is 10.4 Å². The summed E-state index contributed by atoms with van der Waals surface area (Å²) in [6.45, 7) is 2.18. The summed E-state index contributed by atoms with van der Waals surface area (Å²) in [6, 6.07) is 12.5. The molecule has 3 rings (SSSR count). The summed E-state index contributed by atoms with van der Waals surface area (Å²) in [5.74, 6) is -0.402. The van der Waals surface area contributed by atoms with Gasteiger partial charge in [0.25, 0.3) is 0 Å². The second-order valence-electron chi connectivity index (χ2n) is 6.90. The Morgan fingerprint density at radius 1 is 1.21 bits per heavy atom. The van der Waals surface area contributed by atoms with E-state index in [4.69, 9.17) is 11.6 Å². The van der Waals surface area contributed by atoms with E-state index in [1.165, 1.54) is 4.31 Å². The van der Waals surface area contributed by atoms with Crippen LogP contribution in [0.25, 0.3) is 0 Å². The predicted octanol–water partition coefficient (Wildman–Crippen LogP) is 2.65. The molecule has 28 heavy (non-hydrogen) atoms. The quantitative estimate of drug-likeness (QED) is 0.749. The monoisotopic (exact) mass is 422 g/mol. The third-order valence-corrected chi connectivity index (χ3v) is 7.03. The van der Waals surface area contributed by atoms with Crippen molar-refractivity contribution in [3.63, 3.8) is 0 Å². The molecule has 0 bridgehead atoms. The minimum absolute atomic E-state index is 0.00458. The molecule has 6 nitrogen and oxygen atoms in total. The second-order valence-corrected chi connectivity index (χ2v) is 9.23. The van der Waals surface area contributed by atoms with E-state index in [-0.39, 0.29) is 11.4 Å². The van der Waals surface area contributed by atoms with Crippen molar-refractivity contribution in [3.8, 4) is 0 Å². The van der Waals surface area contributed by atoms with Crippen LogP contribution in [0.15, 0.2) is 53.4 Å². The molecule has 1 aliphatic heterocycles. The lowest BCUT2D eigenvalue weighted by Crippen LogP contribution is -2.46. The molecule has 2 atom stereocenters. The molecule has 8 heteroatoms. The molecule has 2 aromatic carbocycles. The van der Waals surface area contributed by atoms with Crippen LogP contribution in [-0.4, -0.2) is 42.9 Å². The average molecular weight is 423 g/mol. The first kappa shape index (κ1) is 20.8. The van der Waals surface area contributed by atoms with Crippen LogP contribution in [0.3, 0.4) is 0 Å². The minimum atomic E-state index is -3.75. The number of carbonyl (C=O) groups is 1. The van der Waals surface area contributed by atoms with Crippen molar-refractivity contribution in [2.24, 2.45) is 0 Å².